The maximum absolute atomic E-state index is 12.8. The molecule has 94 valence electrons. The van der Waals surface area contributed by atoms with Gasteiger partial charge in [0.25, 0.3) is 0 Å². The first-order chi connectivity index (χ1) is 8.69. The first-order valence-electron chi connectivity index (χ1n) is 5.72. The number of nitrogens with one attached hydrogen (secondary N) is 1. The SMILES string of the molecule is CNCC(C)=Cc1csc(-c2ccc(F)cc2)n1. The minimum Gasteiger partial charge on any atom is -0.316 e. The number of likely N-dealkylation sites (N-methyl/N-ethyl adjacent to an activating group) is 1. The van der Waals surface area contributed by atoms with E-state index >= 15 is 0 Å². The maximum Gasteiger partial charge on any atom is 0.124 e. The maximum atomic E-state index is 12.8. The Labute approximate surface area is 110 Å². The highest BCUT2D eigenvalue weighted by atomic mass is 32.1. The molecule has 0 spiro atoms. The summed E-state index contributed by atoms with van der Waals surface area (Å²) in [5.74, 6) is -0.222. The van der Waals surface area contributed by atoms with Gasteiger partial charge in [-0.15, -0.1) is 11.3 Å². The molecule has 1 aromatic carbocycles. The van der Waals surface area contributed by atoms with E-state index in [9.17, 15) is 4.39 Å². The molecule has 0 aliphatic carbocycles. The van der Waals surface area contributed by atoms with Crippen LogP contribution in [-0.4, -0.2) is 18.6 Å². The smallest absolute Gasteiger partial charge is 0.124 e. The first-order valence-corrected chi connectivity index (χ1v) is 6.60. The van der Waals surface area contributed by atoms with Crippen LogP contribution in [-0.2, 0) is 0 Å². The minimum atomic E-state index is -0.222. The fourth-order valence-electron chi connectivity index (χ4n) is 1.66. The van der Waals surface area contributed by atoms with Crippen LogP contribution in [0.1, 0.15) is 12.6 Å². The molecule has 0 amide bonds. The van der Waals surface area contributed by atoms with Crippen molar-refractivity contribution in [2.24, 2.45) is 0 Å². The summed E-state index contributed by atoms with van der Waals surface area (Å²) in [6.07, 6.45) is 2.06. The van der Waals surface area contributed by atoms with Crippen LogP contribution >= 0.6 is 11.3 Å². The molecule has 0 saturated heterocycles. The van der Waals surface area contributed by atoms with Gasteiger partial charge in [0.2, 0.25) is 0 Å². The Kier molecular flexibility index (Phi) is 4.23. The Morgan fingerprint density at radius 3 is 2.78 bits per heavy atom. The molecule has 2 nitrogen and oxygen atoms in total. The molecule has 0 saturated carbocycles. The van der Waals surface area contributed by atoms with Gasteiger partial charge in [0, 0.05) is 17.5 Å². The van der Waals surface area contributed by atoms with Crippen molar-refractivity contribution in [3.05, 3.63) is 46.7 Å². The molecule has 0 fully saturated rings. The predicted molar refractivity (Wildman–Crippen MR) is 75.1 cm³/mol. The number of aromatic nitrogens is 1. The highest BCUT2D eigenvalue weighted by molar-refractivity contribution is 7.13. The molecule has 0 bridgehead atoms. The van der Waals surface area contributed by atoms with Crippen molar-refractivity contribution in [3.63, 3.8) is 0 Å². The first kappa shape index (κ1) is 12.9. The molecule has 1 heterocycles. The van der Waals surface area contributed by atoms with E-state index in [0.29, 0.717) is 0 Å². The summed E-state index contributed by atoms with van der Waals surface area (Å²) in [4.78, 5) is 4.52. The van der Waals surface area contributed by atoms with E-state index in [-0.39, 0.29) is 5.82 Å². The fourth-order valence-corrected chi connectivity index (χ4v) is 2.44. The van der Waals surface area contributed by atoms with Crippen LogP contribution in [0, 0.1) is 5.82 Å². The van der Waals surface area contributed by atoms with Crippen LogP contribution in [0.25, 0.3) is 16.6 Å². The summed E-state index contributed by atoms with van der Waals surface area (Å²) in [6.45, 7) is 2.91. The Balaban J connectivity index is 2.20. The third-order valence-electron chi connectivity index (χ3n) is 2.46. The molecule has 0 unspecified atom stereocenters. The Morgan fingerprint density at radius 2 is 2.11 bits per heavy atom. The van der Waals surface area contributed by atoms with E-state index in [1.54, 1.807) is 23.5 Å². The van der Waals surface area contributed by atoms with Gasteiger partial charge in [-0.1, -0.05) is 5.57 Å². The van der Waals surface area contributed by atoms with Crippen molar-refractivity contribution >= 4 is 17.4 Å². The van der Waals surface area contributed by atoms with Gasteiger partial charge in [-0.2, -0.15) is 0 Å². The highest BCUT2D eigenvalue weighted by Crippen LogP contribution is 2.24. The summed E-state index contributed by atoms with van der Waals surface area (Å²) < 4.78 is 12.8. The van der Waals surface area contributed by atoms with Crippen molar-refractivity contribution in [2.45, 2.75) is 6.92 Å². The molecule has 1 N–H and O–H groups in total. The summed E-state index contributed by atoms with van der Waals surface area (Å²) >= 11 is 1.57. The van der Waals surface area contributed by atoms with Gasteiger partial charge in [0.15, 0.2) is 0 Å². The summed E-state index contributed by atoms with van der Waals surface area (Å²) in [5, 5.41) is 6.03. The largest absolute Gasteiger partial charge is 0.316 e. The number of thiazole rings is 1. The molecule has 4 heteroatoms. The van der Waals surface area contributed by atoms with Crippen molar-refractivity contribution in [3.8, 4) is 10.6 Å². The quantitative estimate of drug-likeness (QED) is 0.911. The van der Waals surface area contributed by atoms with Crippen LogP contribution < -0.4 is 5.32 Å². The zero-order chi connectivity index (χ0) is 13.0. The van der Waals surface area contributed by atoms with Crippen molar-refractivity contribution in [2.75, 3.05) is 13.6 Å². The third-order valence-corrected chi connectivity index (χ3v) is 3.37. The number of nitrogens with zero attached hydrogens (tertiary/aromatic N) is 1. The van der Waals surface area contributed by atoms with Gasteiger partial charge in [-0.3, -0.25) is 0 Å². The average Bonchev–Trinajstić information content (AvgIpc) is 2.78. The van der Waals surface area contributed by atoms with Gasteiger partial charge in [0.05, 0.1) is 5.69 Å². The zero-order valence-corrected chi connectivity index (χ0v) is 11.2. The lowest BCUT2D eigenvalue weighted by Gasteiger charge is -1.97. The molecule has 0 radical (unpaired) electrons. The lowest BCUT2D eigenvalue weighted by molar-refractivity contribution is 0.628. The number of benzene rings is 1. The number of hydrogen-bond acceptors (Lipinski definition) is 3. The van der Waals surface area contributed by atoms with E-state index in [2.05, 4.69) is 23.3 Å². The summed E-state index contributed by atoms with van der Waals surface area (Å²) in [6, 6.07) is 6.42. The fraction of sp³-hybridized carbons (Fsp3) is 0.214. The molecule has 2 aromatic rings. The lowest BCUT2D eigenvalue weighted by atomic mass is 10.2. The molecular formula is C14H15FN2S. The van der Waals surface area contributed by atoms with Crippen LogP contribution in [0.4, 0.5) is 4.39 Å². The molecule has 18 heavy (non-hydrogen) atoms. The monoisotopic (exact) mass is 262 g/mol. The second-order valence-corrected chi connectivity index (χ2v) is 4.96. The van der Waals surface area contributed by atoms with E-state index in [1.165, 1.54) is 17.7 Å². The van der Waals surface area contributed by atoms with Crippen molar-refractivity contribution in [1.29, 1.82) is 0 Å². The van der Waals surface area contributed by atoms with Crippen LogP contribution in [0.3, 0.4) is 0 Å². The van der Waals surface area contributed by atoms with Gasteiger partial charge in [0.1, 0.15) is 10.8 Å². The minimum absolute atomic E-state index is 0.222. The van der Waals surface area contributed by atoms with Crippen molar-refractivity contribution < 1.29 is 4.39 Å². The second-order valence-electron chi connectivity index (χ2n) is 4.11. The third kappa shape index (κ3) is 3.24. The normalized spacial score (nSPS) is 11.8. The van der Waals surface area contributed by atoms with Crippen LogP contribution in [0.2, 0.25) is 0 Å². The predicted octanol–water partition coefficient (Wildman–Crippen LogP) is 3.57. The molecule has 1 aromatic heterocycles. The van der Waals surface area contributed by atoms with E-state index in [4.69, 9.17) is 0 Å². The molecule has 0 atom stereocenters. The highest BCUT2D eigenvalue weighted by Gasteiger charge is 2.03. The zero-order valence-electron chi connectivity index (χ0n) is 10.4. The topological polar surface area (TPSA) is 24.9 Å². The van der Waals surface area contributed by atoms with Gasteiger partial charge in [-0.25, -0.2) is 9.37 Å². The lowest BCUT2D eigenvalue weighted by Crippen LogP contribution is -2.08. The molecule has 0 aliphatic heterocycles. The number of hydrogen-bond donors (Lipinski definition) is 1. The van der Waals surface area contributed by atoms with Gasteiger partial charge in [-0.05, 0) is 44.3 Å². The van der Waals surface area contributed by atoms with Crippen LogP contribution in [0.5, 0.6) is 0 Å². The van der Waals surface area contributed by atoms with Crippen molar-refractivity contribution in [1.82, 2.24) is 10.3 Å². The summed E-state index contributed by atoms with van der Waals surface area (Å²) in [5.41, 5.74) is 3.13. The Hall–Kier alpha value is -1.52. The number of rotatable bonds is 4. The van der Waals surface area contributed by atoms with Gasteiger partial charge < -0.3 is 5.32 Å². The number of halogens is 1. The van der Waals surface area contributed by atoms with E-state index < -0.39 is 0 Å². The summed E-state index contributed by atoms with van der Waals surface area (Å²) in [7, 11) is 1.92. The van der Waals surface area contributed by atoms with E-state index in [0.717, 1.165) is 22.8 Å². The molecule has 0 aliphatic rings. The van der Waals surface area contributed by atoms with Crippen LogP contribution in [0.15, 0.2) is 35.2 Å². The standard InChI is InChI=1S/C14H15FN2S/c1-10(8-16-2)7-13-9-18-14(17-13)11-3-5-12(15)6-4-11/h3-7,9,16H,8H2,1-2H3. The average molecular weight is 262 g/mol. The van der Waals surface area contributed by atoms with E-state index in [1.807, 2.05) is 12.4 Å². The van der Waals surface area contributed by atoms with Gasteiger partial charge >= 0.3 is 0 Å². The molecule has 2 rings (SSSR count). The second kappa shape index (κ2) is 5.89. The Bertz CT molecular complexity index is 543. The Morgan fingerprint density at radius 1 is 1.39 bits per heavy atom. The molecular weight excluding hydrogens is 247 g/mol.